The Morgan fingerprint density at radius 3 is 2.62 bits per heavy atom. The molecule has 0 unspecified atom stereocenters. The fourth-order valence-corrected chi connectivity index (χ4v) is 3.02. The first-order chi connectivity index (χ1) is 14.0. The molecule has 0 amide bonds. The molecule has 0 saturated carbocycles. The van der Waals surface area contributed by atoms with Crippen molar-refractivity contribution in [3.05, 3.63) is 105 Å². The Morgan fingerprint density at radius 2 is 1.83 bits per heavy atom. The first-order valence-corrected chi connectivity index (χ1v) is 8.76. The van der Waals surface area contributed by atoms with Crippen molar-refractivity contribution in [1.82, 2.24) is 14.5 Å². The molecule has 2 aromatic carbocycles. The van der Waals surface area contributed by atoms with Crippen LogP contribution in [0.3, 0.4) is 0 Å². The maximum Gasteiger partial charge on any atom is 0.335 e. The van der Waals surface area contributed by atoms with E-state index in [-0.39, 0.29) is 22.5 Å². The zero-order valence-corrected chi connectivity index (χ0v) is 15.1. The van der Waals surface area contributed by atoms with Gasteiger partial charge in [0.25, 0.3) is 11.1 Å². The van der Waals surface area contributed by atoms with Gasteiger partial charge in [0, 0.05) is 11.8 Å². The number of aromatic nitrogens is 3. The van der Waals surface area contributed by atoms with E-state index in [2.05, 4.69) is 9.97 Å². The molecular weight excluding hydrogens is 370 g/mol. The molecule has 0 radical (unpaired) electrons. The van der Waals surface area contributed by atoms with Crippen LogP contribution < -0.4 is 11.1 Å². The summed E-state index contributed by atoms with van der Waals surface area (Å²) in [4.78, 5) is 43.6. The first kappa shape index (κ1) is 18.1. The van der Waals surface area contributed by atoms with E-state index in [1.807, 2.05) is 0 Å². The number of benzene rings is 2. The SMILES string of the molecule is O=C(O)c1cccc(-n2c(/C=C/c3ccc[nH]c3=O)nc3ccccc3c2=O)c1. The molecule has 0 atom stereocenters. The molecule has 0 aliphatic rings. The number of aromatic carboxylic acids is 1. The fourth-order valence-electron chi connectivity index (χ4n) is 3.02. The minimum atomic E-state index is -1.10. The quantitative estimate of drug-likeness (QED) is 0.562. The molecule has 2 aromatic heterocycles. The highest BCUT2D eigenvalue weighted by molar-refractivity contribution is 5.88. The number of rotatable bonds is 4. The maximum atomic E-state index is 13.2. The summed E-state index contributed by atoms with van der Waals surface area (Å²) < 4.78 is 1.34. The molecule has 7 heteroatoms. The van der Waals surface area contributed by atoms with Crippen LogP contribution in [0.4, 0.5) is 0 Å². The van der Waals surface area contributed by atoms with E-state index in [1.165, 1.54) is 22.9 Å². The molecule has 4 rings (SSSR count). The van der Waals surface area contributed by atoms with E-state index in [0.29, 0.717) is 22.2 Å². The lowest BCUT2D eigenvalue weighted by molar-refractivity contribution is 0.0697. The molecule has 7 nitrogen and oxygen atoms in total. The largest absolute Gasteiger partial charge is 0.478 e. The smallest absolute Gasteiger partial charge is 0.335 e. The summed E-state index contributed by atoms with van der Waals surface area (Å²) in [6.07, 6.45) is 4.65. The molecule has 0 spiro atoms. The number of nitrogens with one attached hydrogen (secondary N) is 1. The summed E-state index contributed by atoms with van der Waals surface area (Å²) in [7, 11) is 0. The van der Waals surface area contributed by atoms with Gasteiger partial charge in [-0.1, -0.05) is 18.2 Å². The molecule has 0 bridgehead atoms. The highest BCUT2D eigenvalue weighted by Crippen LogP contribution is 2.16. The van der Waals surface area contributed by atoms with Gasteiger partial charge < -0.3 is 10.1 Å². The highest BCUT2D eigenvalue weighted by Gasteiger charge is 2.13. The van der Waals surface area contributed by atoms with Crippen LogP contribution >= 0.6 is 0 Å². The van der Waals surface area contributed by atoms with Gasteiger partial charge in [0.15, 0.2) is 0 Å². The Morgan fingerprint density at radius 1 is 1.00 bits per heavy atom. The molecule has 0 aliphatic carbocycles. The third kappa shape index (κ3) is 3.49. The fraction of sp³-hybridized carbons (Fsp3) is 0. The number of carboxylic acids is 1. The third-order valence-electron chi connectivity index (χ3n) is 4.41. The van der Waals surface area contributed by atoms with Crippen LogP contribution in [0.1, 0.15) is 21.7 Å². The number of hydrogen-bond acceptors (Lipinski definition) is 4. The number of aromatic amines is 1. The second-order valence-electron chi connectivity index (χ2n) is 6.27. The lowest BCUT2D eigenvalue weighted by Gasteiger charge is -2.12. The number of carbonyl (C=O) groups is 1. The van der Waals surface area contributed by atoms with Crippen LogP contribution in [0, 0.1) is 0 Å². The van der Waals surface area contributed by atoms with Crippen LogP contribution in [0.2, 0.25) is 0 Å². The number of pyridine rings is 1. The molecule has 0 saturated heterocycles. The predicted molar refractivity (Wildman–Crippen MR) is 110 cm³/mol. The summed E-state index contributed by atoms with van der Waals surface area (Å²) in [5.74, 6) is -0.818. The minimum Gasteiger partial charge on any atom is -0.478 e. The Kier molecular flexibility index (Phi) is 4.62. The van der Waals surface area contributed by atoms with Gasteiger partial charge in [-0.15, -0.1) is 0 Å². The second-order valence-corrected chi connectivity index (χ2v) is 6.27. The number of carboxylic acid groups (broad SMARTS) is 1. The van der Waals surface area contributed by atoms with Crippen molar-refractivity contribution in [1.29, 1.82) is 0 Å². The molecule has 29 heavy (non-hydrogen) atoms. The summed E-state index contributed by atoms with van der Waals surface area (Å²) in [6.45, 7) is 0. The van der Waals surface area contributed by atoms with Gasteiger partial charge in [-0.25, -0.2) is 9.78 Å². The van der Waals surface area contributed by atoms with Crippen LogP contribution in [0.25, 0.3) is 28.7 Å². The lowest BCUT2D eigenvalue weighted by atomic mass is 10.1. The molecule has 142 valence electrons. The topological polar surface area (TPSA) is 105 Å². The number of hydrogen-bond donors (Lipinski definition) is 2. The summed E-state index contributed by atoms with van der Waals surface area (Å²) in [6, 6.07) is 16.3. The average Bonchev–Trinajstić information content (AvgIpc) is 2.73. The molecule has 4 aromatic rings. The van der Waals surface area contributed by atoms with Crippen LogP contribution in [0.5, 0.6) is 0 Å². The van der Waals surface area contributed by atoms with Crippen LogP contribution in [0.15, 0.2) is 76.4 Å². The van der Waals surface area contributed by atoms with Crippen molar-refractivity contribution >= 4 is 29.0 Å². The summed E-state index contributed by atoms with van der Waals surface area (Å²) in [5.41, 5.74) is 0.725. The maximum absolute atomic E-state index is 13.2. The Hall–Kier alpha value is -4.26. The van der Waals surface area contributed by atoms with E-state index in [1.54, 1.807) is 60.7 Å². The number of para-hydroxylation sites is 1. The van der Waals surface area contributed by atoms with E-state index >= 15 is 0 Å². The van der Waals surface area contributed by atoms with E-state index in [4.69, 9.17) is 0 Å². The van der Waals surface area contributed by atoms with Gasteiger partial charge in [-0.2, -0.15) is 0 Å². The third-order valence-corrected chi connectivity index (χ3v) is 4.41. The van der Waals surface area contributed by atoms with Crippen molar-refractivity contribution in [3.63, 3.8) is 0 Å². The summed E-state index contributed by atoms with van der Waals surface area (Å²) in [5, 5.41) is 9.70. The van der Waals surface area contributed by atoms with Crippen molar-refractivity contribution in [3.8, 4) is 5.69 Å². The lowest BCUT2D eigenvalue weighted by Crippen LogP contribution is -2.22. The van der Waals surface area contributed by atoms with Gasteiger partial charge in [0.05, 0.1) is 22.2 Å². The normalized spacial score (nSPS) is 11.2. The monoisotopic (exact) mass is 385 g/mol. The highest BCUT2D eigenvalue weighted by atomic mass is 16.4. The zero-order chi connectivity index (χ0) is 20.4. The Bertz CT molecular complexity index is 1380. The van der Waals surface area contributed by atoms with Gasteiger partial charge >= 0.3 is 5.97 Å². The van der Waals surface area contributed by atoms with Gasteiger partial charge in [-0.3, -0.25) is 14.2 Å². The summed E-state index contributed by atoms with van der Waals surface area (Å²) >= 11 is 0. The van der Waals surface area contributed by atoms with E-state index in [9.17, 15) is 19.5 Å². The molecule has 2 N–H and O–H groups in total. The molecule has 0 fully saturated rings. The molecule has 2 heterocycles. The zero-order valence-electron chi connectivity index (χ0n) is 15.1. The Labute approximate surface area is 164 Å². The van der Waals surface area contributed by atoms with E-state index < -0.39 is 5.97 Å². The molecular formula is C22H15N3O4. The van der Waals surface area contributed by atoms with Crippen molar-refractivity contribution in [2.45, 2.75) is 0 Å². The van der Waals surface area contributed by atoms with Gasteiger partial charge in [0.1, 0.15) is 5.82 Å². The minimum absolute atomic E-state index is 0.0528. The van der Waals surface area contributed by atoms with Crippen molar-refractivity contribution in [2.24, 2.45) is 0 Å². The van der Waals surface area contributed by atoms with Crippen LogP contribution in [-0.4, -0.2) is 25.6 Å². The number of H-pyrrole nitrogens is 1. The average molecular weight is 385 g/mol. The van der Waals surface area contributed by atoms with Gasteiger partial charge in [-0.05, 0) is 54.6 Å². The number of fused-ring (bicyclic) bond motifs is 1. The second kappa shape index (κ2) is 7.40. The standard InChI is InChI=1S/C22H15N3O4/c26-20-14(6-4-12-23-20)10-11-19-24-18-9-2-1-8-17(18)21(27)25(19)16-7-3-5-15(13-16)22(28)29/h1-13H,(H,23,26)(H,28,29)/b11-10+. The van der Waals surface area contributed by atoms with Gasteiger partial charge in [0.2, 0.25) is 0 Å². The number of nitrogens with zero attached hydrogens (tertiary/aromatic N) is 2. The van der Waals surface area contributed by atoms with Crippen molar-refractivity contribution < 1.29 is 9.90 Å². The van der Waals surface area contributed by atoms with Crippen molar-refractivity contribution in [2.75, 3.05) is 0 Å². The van der Waals surface area contributed by atoms with Crippen LogP contribution in [-0.2, 0) is 0 Å². The first-order valence-electron chi connectivity index (χ1n) is 8.76. The Balaban J connectivity index is 1.98. The van der Waals surface area contributed by atoms with E-state index in [0.717, 1.165) is 0 Å². The molecule has 0 aliphatic heterocycles. The predicted octanol–water partition coefficient (Wildman–Crippen LogP) is 2.94.